The predicted octanol–water partition coefficient (Wildman–Crippen LogP) is 2.64. The minimum atomic E-state index is -3.66. The molecule has 1 N–H and O–H groups in total. The highest BCUT2D eigenvalue weighted by atomic mass is 32.2. The molecule has 8 nitrogen and oxygen atoms in total. The topological polar surface area (TPSA) is 95.8 Å². The number of nitrogens with one attached hydrogen (secondary N) is 1. The van der Waals surface area contributed by atoms with Crippen LogP contribution in [-0.4, -0.2) is 60.9 Å². The van der Waals surface area contributed by atoms with Crippen LogP contribution in [0, 0.1) is 19.8 Å². The molecule has 2 fully saturated rings. The van der Waals surface area contributed by atoms with Crippen LogP contribution < -0.4 is 5.32 Å². The minimum Gasteiger partial charge on any atom is -0.360 e. The number of benzene rings is 1. The molecule has 2 aromatic rings. The van der Waals surface area contributed by atoms with Gasteiger partial charge in [0.05, 0.1) is 0 Å². The first-order valence-corrected chi connectivity index (χ1v) is 12.7. The summed E-state index contributed by atoms with van der Waals surface area (Å²) in [5.74, 6) is 0.184. The number of nitrogens with zero attached hydrogens (tertiary/aromatic N) is 3. The lowest BCUT2D eigenvalue weighted by Gasteiger charge is -2.31. The third kappa shape index (κ3) is 4.60. The molecule has 0 unspecified atom stereocenters. The first-order chi connectivity index (χ1) is 15.3. The molecule has 174 valence electrons. The minimum absolute atomic E-state index is 0.0404. The summed E-state index contributed by atoms with van der Waals surface area (Å²) in [5, 5.41) is 6.98. The largest absolute Gasteiger partial charge is 0.360 e. The smallest absolute Gasteiger partial charge is 0.248 e. The van der Waals surface area contributed by atoms with Crippen molar-refractivity contribution in [3.8, 4) is 0 Å². The Morgan fingerprint density at radius 2 is 1.81 bits per heavy atom. The predicted molar refractivity (Wildman–Crippen MR) is 120 cm³/mol. The molecule has 0 aliphatic carbocycles. The van der Waals surface area contributed by atoms with Gasteiger partial charge >= 0.3 is 0 Å². The number of aryl methyl sites for hydroxylation is 2. The Bertz CT molecular complexity index is 1030. The number of carbonyl (C=O) groups is 1. The van der Waals surface area contributed by atoms with Crippen molar-refractivity contribution in [3.63, 3.8) is 0 Å². The Morgan fingerprint density at radius 3 is 2.44 bits per heavy atom. The van der Waals surface area contributed by atoms with Crippen molar-refractivity contribution in [2.24, 2.45) is 5.92 Å². The van der Waals surface area contributed by atoms with E-state index in [2.05, 4.69) is 46.6 Å². The molecule has 2 atom stereocenters. The second-order valence-corrected chi connectivity index (χ2v) is 10.8. The van der Waals surface area contributed by atoms with Crippen molar-refractivity contribution < 1.29 is 17.7 Å². The third-order valence-corrected chi connectivity index (χ3v) is 8.93. The summed E-state index contributed by atoms with van der Waals surface area (Å²) in [4.78, 5) is 15.4. The molecular weight excluding hydrogens is 428 g/mol. The summed E-state index contributed by atoms with van der Waals surface area (Å²) >= 11 is 0. The standard InChI is InChI=1S/C23H32N4O4S/c1-16-22(18(3)31-25-16)32(29,30)27-13-9-20(10-14-27)23(28)24-21-11-12-26(15-21)17(2)19-7-5-4-6-8-19/h4-8,17,20-21H,9-15H2,1-3H3,(H,24,28)/t17-,21+/m0/s1. The second-order valence-electron chi connectivity index (χ2n) is 8.91. The van der Waals surface area contributed by atoms with Crippen LogP contribution in [-0.2, 0) is 14.8 Å². The van der Waals surface area contributed by atoms with Gasteiger partial charge in [-0.2, -0.15) is 4.31 Å². The van der Waals surface area contributed by atoms with Crippen molar-refractivity contribution in [2.45, 2.75) is 57.0 Å². The Morgan fingerprint density at radius 1 is 1.12 bits per heavy atom. The molecule has 32 heavy (non-hydrogen) atoms. The average molecular weight is 461 g/mol. The number of hydrogen-bond acceptors (Lipinski definition) is 6. The maximum atomic E-state index is 13.0. The van der Waals surface area contributed by atoms with Crippen LogP contribution in [0.4, 0.5) is 0 Å². The van der Waals surface area contributed by atoms with Gasteiger partial charge in [-0.25, -0.2) is 8.42 Å². The third-order valence-electron chi connectivity index (χ3n) is 6.79. The van der Waals surface area contributed by atoms with E-state index in [4.69, 9.17) is 4.52 Å². The normalized spacial score (nSPS) is 22.2. The SMILES string of the molecule is Cc1noc(C)c1S(=O)(=O)N1CCC(C(=O)N[C@@H]2CCN([C@@H](C)c3ccccc3)C2)CC1. The van der Waals surface area contributed by atoms with Gasteiger partial charge in [0, 0.05) is 44.2 Å². The zero-order valence-corrected chi connectivity index (χ0v) is 19.8. The lowest BCUT2D eigenvalue weighted by atomic mass is 9.97. The van der Waals surface area contributed by atoms with E-state index in [0.29, 0.717) is 43.4 Å². The molecule has 2 saturated heterocycles. The highest BCUT2D eigenvalue weighted by molar-refractivity contribution is 7.89. The molecule has 3 heterocycles. The molecule has 0 bridgehead atoms. The van der Waals surface area contributed by atoms with Gasteiger partial charge in [-0.1, -0.05) is 35.5 Å². The lowest BCUT2D eigenvalue weighted by molar-refractivity contribution is -0.126. The summed E-state index contributed by atoms with van der Waals surface area (Å²) in [7, 11) is -3.66. The molecule has 0 spiro atoms. The van der Waals surface area contributed by atoms with Crippen LogP contribution in [0.3, 0.4) is 0 Å². The highest BCUT2D eigenvalue weighted by Gasteiger charge is 2.36. The van der Waals surface area contributed by atoms with E-state index in [1.54, 1.807) is 13.8 Å². The number of aromatic nitrogens is 1. The molecule has 1 aromatic heterocycles. The number of rotatable bonds is 6. The fourth-order valence-corrected chi connectivity index (χ4v) is 6.61. The van der Waals surface area contributed by atoms with Crippen LogP contribution in [0.2, 0.25) is 0 Å². The van der Waals surface area contributed by atoms with E-state index >= 15 is 0 Å². The van der Waals surface area contributed by atoms with Crippen molar-refractivity contribution in [1.29, 1.82) is 0 Å². The van der Waals surface area contributed by atoms with Gasteiger partial charge in [0.25, 0.3) is 0 Å². The average Bonchev–Trinajstić information content (AvgIpc) is 3.40. The number of hydrogen-bond donors (Lipinski definition) is 1. The van der Waals surface area contributed by atoms with Gasteiger partial charge in [-0.15, -0.1) is 0 Å². The van der Waals surface area contributed by atoms with Crippen LogP contribution in [0.15, 0.2) is 39.8 Å². The van der Waals surface area contributed by atoms with Gasteiger partial charge < -0.3 is 9.84 Å². The fraction of sp³-hybridized carbons (Fsp3) is 0.565. The van der Waals surface area contributed by atoms with Gasteiger partial charge in [0.15, 0.2) is 5.76 Å². The van der Waals surface area contributed by atoms with Gasteiger partial charge in [-0.05, 0) is 45.6 Å². The summed E-state index contributed by atoms with van der Waals surface area (Å²) in [6.07, 6.45) is 1.97. The summed E-state index contributed by atoms with van der Waals surface area (Å²) in [6.45, 7) is 7.88. The zero-order valence-electron chi connectivity index (χ0n) is 19.0. The van der Waals surface area contributed by atoms with Gasteiger partial charge in [0.1, 0.15) is 10.6 Å². The Balaban J connectivity index is 1.29. The van der Waals surface area contributed by atoms with Gasteiger partial charge in [-0.3, -0.25) is 9.69 Å². The number of sulfonamides is 1. The Labute approximate surface area is 190 Å². The van der Waals surface area contributed by atoms with E-state index in [-0.39, 0.29) is 22.8 Å². The van der Waals surface area contributed by atoms with Crippen molar-refractivity contribution in [3.05, 3.63) is 47.3 Å². The zero-order chi connectivity index (χ0) is 22.9. The Kier molecular flexibility index (Phi) is 6.69. The molecule has 1 amide bonds. The van der Waals surface area contributed by atoms with Crippen molar-refractivity contribution in [2.75, 3.05) is 26.2 Å². The first kappa shape index (κ1) is 22.9. The number of piperidine rings is 1. The molecule has 2 aliphatic heterocycles. The molecule has 2 aliphatic rings. The highest BCUT2D eigenvalue weighted by Crippen LogP contribution is 2.28. The van der Waals surface area contributed by atoms with Crippen LogP contribution in [0.1, 0.15) is 49.2 Å². The van der Waals surface area contributed by atoms with Crippen molar-refractivity contribution in [1.82, 2.24) is 19.7 Å². The van der Waals surface area contributed by atoms with E-state index in [1.807, 2.05) is 6.07 Å². The van der Waals surface area contributed by atoms with E-state index in [0.717, 1.165) is 19.5 Å². The van der Waals surface area contributed by atoms with E-state index < -0.39 is 10.0 Å². The molecule has 4 rings (SSSR count). The molecule has 0 radical (unpaired) electrons. The Hall–Kier alpha value is -2.23. The summed E-state index contributed by atoms with van der Waals surface area (Å²) < 4.78 is 32.4. The monoisotopic (exact) mass is 460 g/mol. The molecule has 9 heteroatoms. The number of carbonyl (C=O) groups excluding carboxylic acids is 1. The van der Waals surface area contributed by atoms with Crippen LogP contribution in [0.5, 0.6) is 0 Å². The molecule has 1 aromatic carbocycles. The maximum Gasteiger partial charge on any atom is 0.248 e. The van der Waals surface area contributed by atoms with Crippen molar-refractivity contribution >= 4 is 15.9 Å². The van der Waals surface area contributed by atoms with Crippen LogP contribution >= 0.6 is 0 Å². The lowest BCUT2D eigenvalue weighted by Crippen LogP contribution is -2.46. The quantitative estimate of drug-likeness (QED) is 0.712. The first-order valence-electron chi connectivity index (χ1n) is 11.3. The second kappa shape index (κ2) is 9.33. The number of likely N-dealkylation sites (tertiary alicyclic amines) is 1. The molecule has 0 saturated carbocycles. The van der Waals surface area contributed by atoms with E-state index in [1.165, 1.54) is 9.87 Å². The molecular formula is C23H32N4O4S. The summed E-state index contributed by atoms with van der Waals surface area (Å²) in [6, 6.07) is 10.9. The maximum absolute atomic E-state index is 13.0. The summed E-state index contributed by atoms with van der Waals surface area (Å²) in [5.41, 5.74) is 1.66. The fourth-order valence-electron chi connectivity index (χ4n) is 4.85. The van der Waals surface area contributed by atoms with Gasteiger partial charge in [0.2, 0.25) is 15.9 Å². The van der Waals surface area contributed by atoms with E-state index in [9.17, 15) is 13.2 Å². The van der Waals surface area contributed by atoms with Crippen LogP contribution in [0.25, 0.3) is 0 Å². The number of amides is 1.